The summed E-state index contributed by atoms with van der Waals surface area (Å²) in [6.45, 7) is 0.303. The normalized spacial score (nSPS) is 11.2. The highest BCUT2D eigenvalue weighted by molar-refractivity contribution is 7.89. The van der Waals surface area contributed by atoms with Gasteiger partial charge in [-0.25, -0.2) is 18.4 Å². The van der Waals surface area contributed by atoms with E-state index in [1.54, 1.807) is 30.3 Å². The standard InChI is InChI=1S/C16H18N2O5S/c17-24(22,23)14-10-12(16(20)21)9-13(18-7-4-8-19)15(14)11-5-2-1-3-6-11/h1-3,5-6,9-10,18-19H,4,7-8H2,(H,20,21)(H2,17,22,23). The molecule has 128 valence electrons. The molecule has 0 unspecified atom stereocenters. The molecular formula is C16H18N2O5S. The van der Waals surface area contributed by atoms with Crippen molar-refractivity contribution in [3.8, 4) is 11.1 Å². The number of carbonyl (C=O) groups is 1. The van der Waals surface area contributed by atoms with Crippen molar-refractivity contribution < 1.29 is 23.4 Å². The fourth-order valence-corrected chi connectivity index (χ4v) is 3.11. The van der Waals surface area contributed by atoms with Crippen molar-refractivity contribution in [2.24, 2.45) is 5.14 Å². The third-order valence-electron chi connectivity index (χ3n) is 3.37. The monoisotopic (exact) mass is 350 g/mol. The molecule has 0 saturated heterocycles. The number of nitrogens with two attached hydrogens (primary N) is 1. The maximum Gasteiger partial charge on any atom is 0.335 e. The van der Waals surface area contributed by atoms with Gasteiger partial charge in [0.2, 0.25) is 10.0 Å². The number of anilines is 1. The van der Waals surface area contributed by atoms with Crippen LogP contribution >= 0.6 is 0 Å². The second-order valence-electron chi connectivity index (χ2n) is 5.12. The van der Waals surface area contributed by atoms with Crippen molar-refractivity contribution in [3.63, 3.8) is 0 Å². The maximum absolute atomic E-state index is 12.0. The van der Waals surface area contributed by atoms with Crippen molar-refractivity contribution >= 4 is 21.7 Å². The number of carboxylic acids is 1. The first-order valence-electron chi connectivity index (χ1n) is 7.19. The van der Waals surface area contributed by atoms with Gasteiger partial charge in [-0.05, 0) is 24.1 Å². The van der Waals surface area contributed by atoms with E-state index >= 15 is 0 Å². The summed E-state index contributed by atoms with van der Waals surface area (Å²) in [6, 6.07) is 11.1. The number of benzene rings is 2. The van der Waals surface area contributed by atoms with Crippen LogP contribution in [-0.2, 0) is 10.0 Å². The third-order valence-corrected chi connectivity index (χ3v) is 4.30. The first-order chi connectivity index (χ1) is 11.3. The molecule has 2 aromatic carbocycles. The van der Waals surface area contributed by atoms with Gasteiger partial charge in [-0.15, -0.1) is 0 Å². The number of primary sulfonamides is 1. The lowest BCUT2D eigenvalue weighted by Crippen LogP contribution is -2.16. The van der Waals surface area contributed by atoms with Crippen LogP contribution in [0.1, 0.15) is 16.8 Å². The SMILES string of the molecule is NS(=O)(=O)c1cc(C(=O)O)cc(NCCCO)c1-c1ccccc1. The van der Waals surface area contributed by atoms with Gasteiger partial charge in [-0.1, -0.05) is 30.3 Å². The first-order valence-corrected chi connectivity index (χ1v) is 8.73. The second kappa shape index (κ2) is 7.43. The largest absolute Gasteiger partial charge is 0.478 e. The first kappa shape index (κ1) is 17.9. The predicted octanol–water partition coefficient (Wildman–Crippen LogP) is 1.49. The van der Waals surface area contributed by atoms with Gasteiger partial charge >= 0.3 is 5.97 Å². The second-order valence-corrected chi connectivity index (χ2v) is 6.65. The highest BCUT2D eigenvalue weighted by atomic mass is 32.2. The van der Waals surface area contributed by atoms with E-state index in [-0.39, 0.29) is 17.1 Å². The molecule has 0 spiro atoms. The minimum atomic E-state index is -4.14. The number of aliphatic hydroxyl groups is 1. The molecule has 0 heterocycles. The fourth-order valence-electron chi connectivity index (χ4n) is 2.31. The molecule has 0 saturated carbocycles. The molecule has 2 rings (SSSR count). The molecule has 0 aliphatic heterocycles. The number of hydrogen-bond donors (Lipinski definition) is 4. The van der Waals surface area contributed by atoms with E-state index in [1.807, 2.05) is 0 Å². The lowest BCUT2D eigenvalue weighted by molar-refractivity contribution is 0.0696. The van der Waals surface area contributed by atoms with Gasteiger partial charge in [-0.3, -0.25) is 0 Å². The van der Waals surface area contributed by atoms with E-state index in [0.717, 1.165) is 6.07 Å². The van der Waals surface area contributed by atoms with Gasteiger partial charge in [0.25, 0.3) is 0 Å². The lowest BCUT2D eigenvalue weighted by atomic mass is 10.0. The molecule has 0 aliphatic rings. The van der Waals surface area contributed by atoms with Crippen LogP contribution in [0.25, 0.3) is 11.1 Å². The molecule has 2 aromatic rings. The summed E-state index contributed by atoms with van der Waals surface area (Å²) in [5, 5.41) is 26.4. The average Bonchev–Trinajstić information content (AvgIpc) is 2.54. The zero-order valence-corrected chi connectivity index (χ0v) is 13.6. The predicted molar refractivity (Wildman–Crippen MR) is 90.4 cm³/mol. The Balaban J connectivity index is 2.73. The lowest BCUT2D eigenvalue weighted by Gasteiger charge is -2.17. The number of hydrogen-bond acceptors (Lipinski definition) is 5. The van der Waals surface area contributed by atoms with Crippen molar-refractivity contribution in [1.29, 1.82) is 0 Å². The zero-order chi connectivity index (χ0) is 17.7. The van der Waals surface area contributed by atoms with E-state index in [0.29, 0.717) is 29.8 Å². The van der Waals surface area contributed by atoms with Crippen LogP contribution in [0.5, 0.6) is 0 Å². The number of nitrogens with one attached hydrogen (secondary N) is 1. The van der Waals surface area contributed by atoms with Gasteiger partial charge in [0.15, 0.2) is 0 Å². The number of sulfonamides is 1. The highest BCUT2D eigenvalue weighted by Crippen LogP contribution is 2.35. The van der Waals surface area contributed by atoms with Crippen molar-refractivity contribution in [1.82, 2.24) is 0 Å². The van der Waals surface area contributed by atoms with E-state index in [9.17, 15) is 18.3 Å². The Morgan fingerprint density at radius 3 is 2.38 bits per heavy atom. The number of rotatable bonds is 7. The van der Waals surface area contributed by atoms with E-state index < -0.39 is 16.0 Å². The van der Waals surface area contributed by atoms with Crippen LogP contribution in [-0.4, -0.2) is 37.8 Å². The molecule has 0 aromatic heterocycles. The summed E-state index contributed by atoms with van der Waals surface area (Å²) < 4.78 is 24.0. The fraction of sp³-hybridized carbons (Fsp3) is 0.188. The smallest absolute Gasteiger partial charge is 0.335 e. The average molecular weight is 350 g/mol. The van der Waals surface area contributed by atoms with Crippen LogP contribution in [0.15, 0.2) is 47.4 Å². The molecule has 0 bridgehead atoms. The van der Waals surface area contributed by atoms with Crippen molar-refractivity contribution in [2.75, 3.05) is 18.5 Å². The third kappa shape index (κ3) is 4.10. The Morgan fingerprint density at radius 1 is 1.17 bits per heavy atom. The molecule has 0 aliphatic carbocycles. The Morgan fingerprint density at radius 2 is 1.83 bits per heavy atom. The topological polar surface area (TPSA) is 130 Å². The van der Waals surface area contributed by atoms with Gasteiger partial charge in [0, 0.05) is 24.4 Å². The van der Waals surface area contributed by atoms with Gasteiger partial charge in [-0.2, -0.15) is 0 Å². The quantitative estimate of drug-likeness (QED) is 0.560. The number of aliphatic hydroxyl groups excluding tert-OH is 1. The zero-order valence-electron chi connectivity index (χ0n) is 12.8. The molecule has 0 fully saturated rings. The molecular weight excluding hydrogens is 332 g/mol. The summed E-state index contributed by atoms with van der Waals surface area (Å²) >= 11 is 0. The van der Waals surface area contributed by atoms with Crippen LogP contribution in [0, 0.1) is 0 Å². The molecule has 5 N–H and O–H groups in total. The van der Waals surface area contributed by atoms with E-state index in [1.165, 1.54) is 6.07 Å². The molecule has 8 heteroatoms. The number of aromatic carboxylic acids is 1. The summed E-state index contributed by atoms with van der Waals surface area (Å²) in [7, 11) is -4.14. The van der Waals surface area contributed by atoms with Gasteiger partial charge in [0.05, 0.1) is 10.5 Å². The summed E-state index contributed by atoms with van der Waals surface area (Å²) in [6.07, 6.45) is 0.427. The Labute approximate surface area is 139 Å². The molecule has 24 heavy (non-hydrogen) atoms. The molecule has 0 radical (unpaired) electrons. The van der Waals surface area contributed by atoms with E-state index in [2.05, 4.69) is 5.32 Å². The Kier molecular flexibility index (Phi) is 5.55. The summed E-state index contributed by atoms with van der Waals surface area (Å²) in [5.41, 5.74) is 1.04. The van der Waals surface area contributed by atoms with Gasteiger partial charge < -0.3 is 15.5 Å². The molecule has 0 amide bonds. The van der Waals surface area contributed by atoms with E-state index in [4.69, 9.17) is 10.2 Å². The maximum atomic E-state index is 12.0. The minimum Gasteiger partial charge on any atom is -0.478 e. The van der Waals surface area contributed by atoms with Crippen LogP contribution in [0.3, 0.4) is 0 Å². The minimum absolute atomic E-state index is 0.0473. The Hall–Kier alpha value is -2.42. The highest BCUT2D eigenvalue weighted by Gasteiger charge is 2.22. The molecule has 7 nitrogen and oxygen atoms in total. The van der Waals surface area contributed by atoms with Crippen molar-refractivity contribution in [2.45, 2.75) is 11.3 Å². The summed E-state index contributed by atoms with van der Waals surface area (Å²) in [5.74, 6) is -1.26. The van der Waals surface area contributed by atoms with Crippen LogP contribution in [0.2, 0.25) is 0 Å². The number of carboxylic acid groups (broad SMARTS) is 1. The van der Waals surface area contributed by atoms with Crippen LogP contribution < -0.4 is 10.5 Å². The Bertz CT molecular complexity index is 835. The van der Waals surface area contributed by atoms with Crippen LogP contribution in [0.4, 0.5) is 5.69 Å². The summed E-state index contributed by atoms with van der Waals surface area (Å²) in [4.78, 5) is 11.0. The van der Waals surface area contributed by atoms with Crippen molar-refractivity contribution in [3.05, 3.63) is 48.0 Å². The molecule has 0 atom stereocenters. The van der Waals surface area contributed by atoms with Gasteiger partial charge in [0.1, 0.15) is 0 Å².